The summed E-state index contributed by atoms with van der Waals surface area (Å²) in [5, 5.41) is 0. The van der Waals surface area contributed by atoms with Crippen molar-refractivity contribution >= 4 is 37.3 Å². The molecule has 5 nitrogen and oxygen atoms in total. The number of pyridine rings is 1. The lowest BCUT2D eigenvalue weighted by Crippen LogP contribution is -2.27. The van der Waals surface area contributed by atoms with Crippen molar-refractivity contribution in [3.8, 4) is 5.88 Å². The minimum absolute atomic E-state index is 0.181. The number of aromatic nitrogens is 1. The van der Waals surface area contributed by atoms with Gasteiger partial charge in [-0.1, -0.05) is 36.4 Å². The van der Waals surface area contributed by atoms with Crippen LogP contribution in [0.15, 0.2) is 82.3 Å². The SMILES string of the molecule is COc1ncc(Br)cc1N(c1ccccc1)S(=O)(=O)c1ccccc1. The molecule has 128 valence electrons. The summed E-state index contributed by atoms with van der Waals surface area (Å²) in [5.74, 6) is 0.214. The minimum Gasteiger partial charge on any atom is -0.479 e. The fourth-order valence-electron chi connectivity index (χ4n) is 2.39. The molecule has 1 aromatic heterocycles. The number of sulfonamides is 1. The average molecular weight is 419 g/mol. The molecule has 0 spiro atoms. The van der Waals surface area contributed by atoms with E-state index < -0.39 is 10.0 Å². The van der Waals surface area contributed by atoms with Crippen LogP contribution >= 0.6 is 15.9 Å². The molecular formula is C18H15BrN2O3S. The summed E-state index contributed by atoms with van der Waals surface area (Å²) in [6, 6.07) is 18.8. The quantitative estimate of drug-likeness (QED) is 0.616. The zero-order chi connectivity index (χ0) is 17.9. The Kier molecular flexibility index (Phi) is 5.06. The van der Waals surface area contributed by atoms with Gasteiger partial charge in [0.1, 0.15) is 5.69 Å². The molecular weight excluding hydrogens is 404 g/mol. The van der Waals surface area contributed by atoms with Crippen LogP contribution in [0.2, 0.25) is 0 Å². The number of hydrogen-bond acceptors (Lipinski definition) is 4. The van der Waals surface area contributed by atoms with Gasteiger partial charge >= 0.3 is 0 Å². The Morgan fingerprint density at radius 1 is 1.00 bits per heavy atom. The summed E-state index contributed by atoms with van der Waals surface area (Å²) in [4.78, 5) is 4.36. The summed E-state index contributed by atoms with van der Waals surface area (Å²) in [7, 11) is -2.41. The van der Waals surface area contributed by atoms with Crippen molar-refractivity contribution < 1.29 is 13.2 Å². The lowest BCUT2D eigenvalue weighted by Gasteiger charge is -2.25. The molecule has 0 unspecified atom stereocenters. The lowest BCUT2D eigenvalue weighted by molar-refractivity contribution is 0.399. The first-order valence-electron chi connectivity index (χ1n) is 7.39. The van der Waals surface area contributed by atoms with E-state index in [1.165, 1.54) is 11.4 Å². The van der Waals surface area contributed by atoms with E-state index in [4.69, 9.17) is 4.74 Å². The maximum atomic E-state index is 13.3. The summed E-state index contributed by atoms with van der Waals surface area (Å²) < 4.78 is 33.9. The average Bonchev–Trinajstić information content (AvgIpc) is 2.63. The smallest absolute Gasteiger partial charge is 0.268 e. The molecule has 0 aliphatic heterocycles. The van der Waals surface area contributed by atoms with Crippen LogP contribution in [0.5, 0.6) is 5.88 Å². The van der Waals surface area contributed by atoms with E-state index in [2.05, 4.69) is 20.9 Å². The van der Waals surface area contributed by atoms with Crippen LogP contribution in [0, 0.1) is 0 Å². The topological polar surface area (TPSA) is 59.5 Å². The van der Waals surface area contributed by atoms with Gasteiger partial charge in [0.05, 0.1) is 17.7 Å². The van der Waals surface area contributed by atoms with Crippen LogP contribution < -0.4 is 9.04 Å². The zero-order valence-electron chi connectivity index (χ0n) is 13.3. The second-order valence-electron chi connectivity index (χ2n) is 5.10. The number of ether oxygens (including phenoxy) is 1. The maximum absolute atomic E-state index is 13.3. The molecule has 0 bridgehead atoms. The van der Waals surface area contributed by atoms with Crippen LogP contribution in [0.3, 0.4) is 0 Å². The Balaban J connectivity index is 2.28. The highest BCUT2D eigenvalue weighted by molar-refractivity contribution is 9.10. The van der Waals surface area contributed by atoms with Crippen molar-refractivity contribution in [1.29, 1.82) is 0 Å². The molecule has 0 saturated heterocycles. The summed E-state index contributed by atoms with van der Waals surface area (Å²) in [6.45, 7) is 0. The number of halogens is 1. The normalized spacial score (nSPS) is 11.1. The van der Waals surface area contributed by atoms with E-state index >= 15 is 0 Å². The van der Waals surface area contributed by atoms with Crippen molar-refractivity contribution in [1.82, 2.24) is 4.98 Å². The van der Waals surface area contributed by atoms with Crippen molar-refractivity contribution in [2.24, 2.45) is 0 Å². The molecule has 0 aliphatic carbocycles. The molecule has 0 aliphatic rings. The van der Waals surface area contributed by atoms with Gasteiger partial charge in [-0.15, -0.1) is 0 Å². The van der Waals surface area contributed by atoms with Gasteiger partial charge < -0.3 is 4.74 Å². The number of hydrogen-bond donors (Lipinski definition) is 0. The first-order valence-corrected chi connectivity index (χ1v) is 9.62. The summed E-state index contributed by atoms with van der Waals surface area (Å²) in [6.07, 6.45) is 1.56. The third kappa shape index (κ3) is 3.52. The van der Waals surface area contributed by atoms with E-state index in [-0.39, 0.29) is 10.8 Å². The van der Waals surface area contributed by atoms with Gasteiger partial charge in [-0.3, -0.25) is 0 Å². The number of methoxy groups -OCH3 is 1. The molecule has 0 amide bonds. The maximum Gasteiger partial charge on any atom is 0.268 e. The molecule has 3 aromatic rings. The summed E-state index contributed by atoms with van der Waals surface area (Å²) >= 11 is 3.35. The predicted molar refractivity (Wildman–Crippen MR) is 101 cm³/mol. The van der Waals surface area contributed by atoms with Crippen LogP contribution in [0.25, 0.3) is 0 Å². The summed E-state index contributed by atoms with van der Waals surface area (Å²) in [5.41, 5.74) is 0.816. The third-order valence-electron chi connectivity index (χ3n) is 3.48. The number of benzene rings is 2. The van der Waals surface area contributed by atoms with E-state index in [1.807, 2.05) is 6.07 Å². The Morgan fingerprint density at radius 2 is 1.60 bits per heavy atom. The monoisotopic (exact) mass is 418 g/mol. The molecule has 0 N–H and O–H groups in total. The van der Waals surface area contributed by atoms with Gasteiger partial charge in [-0.25, -0.2) is 17.7 Å². The molecule has 3 rings (SSSR count). The van der Waals surface area contributed by atoms with E-state index in [0.717, 1.165) is 0 Å². The Hall–Kier alpha value is -2.38. The van der Waals surface area contributed by atoms with Crippen LogP contribution in [0.4, 0.5) is 11.4 Å². The molecule has 0 saturated carbocycles. The molecule has 0 fully saturated rings. The standard InChI is InChI=1S/C18H15BrN2O3S/c1-24-18-17(12-14(19)13-20-18)21(15-8-4-2-5-9-15)25(22,23)16-10-6-3-7-11-16/h2-13H,1H3. The number of anilines is 2. The minimum atomic E-state index is -3.86. The largest absolute Gasteiger partial charge is 0.479 e. The van der Waals surface area contributed by atoms with Gasteiger partial charge in [0, 0.05) is 10.7 Å². The number of para-hydroxylation sites is 1. The second kappa shape index (κ2) is 7.25. The van der Waals surface area contributed by atoms with E-state index in [0.29, 0.717) is 15.8 Å². The Bertz CT molecular complexity index is 964. The predicted octanol–water partition coefficient (Wildman–Crippen LogP) is 4.38. The van der Waals surface area contributed by atoms with Crippen molar-refractivity contribution in [3.05, 3.63) is 77.4 Å². The Labute approximate surface area is 155 Å². The van der Waals surface area contributed by atoms with Crippen molar-refractivity contribution in [3.63, 3.8) is 0 Å². The lowest BCUT2D eigenvalue weighted by atomic mass is 10.3. The molecule has 7 heteroatoms. The highest BCUT2D eigenvalue weighted by Crippen LogP contribution is 2.38. The zero-order valence-corrected chi connectivity index (χ0v) is 15.7. The van der Waals surface area contributed by atoms with Gasteiger partial charge in [0.2, 0.25) is 5.88 Å². The fraction of sp³-hybridized carbons (Fsp3) is 0.0556. The highest BCUT2D eigenvalue weighted by Gasteiger charge is 2.29. The first kappa shape index (κ1) is 17.4. The highest BCUT2D eigenvalue weighted by atomic mass is 79.9. The van der Waals surface area contributed by atoms with Crippen LogP contribution in [-0.2, 0) is 10.0 Å². The van der Waals surface area contributed by atoms with Gasteiger partial charge in [0.15, 0.2) is 0 Å². The first-order chi connectivity index (χ1) is 12.0. The van der Waals surface area contributed by atoms with Crippen molar-refractivity contribution in [2.45, 2.75) is 4.90 Å². The fourth-order valence-corrected chi connectivity index (χ4v) is 4.21. The van der Waals surface area contributed by atoms with Gasteiger partial charge in [-0.2, -0.15) is 0 Å². The second-order valence-corrected chi connectivity index (χ2v) is 7.80. The Morgan fingerprint density at radius 3 is 2.20 bits per heavy atom. The third-order valence-corrected chi connectivity index (χ3v) is 5.67. The van der Waals surface area contributed by atoms with Crippen molar-refractivity contribution in [2.75, 3.05) is 11.4 Å². The van der Waals surface area contributed by atoms with Crippen LogP contribution in [0.1, 0.15) is 0 Å². The molecule has 0 atom stereocenters. The van der Waals surface area contributed by atoms with Gasteiger partial charge in [-0.05, 0) is 46.3 Å². The van der Waals surface area contributed by atoms with Gasteiger partial charge in [0.25, 0.3) is 10.0 Å². The molecule has 2 aromatic carbocycles. The molecule has 1 heterocycles. The molecule has 25 heavy (non-hydrogen) atoms. The number of rotatable bonds is 5. The van der Waals surface area contributed by atoms with E-state index in [1.54, 1.807) is 66.9 Å². The van der Waals surface area contributed by atoms with E-state index in [9.17, 15) is 8.42 Å². The molecule has 0 radical (unpaired) electrons. The van der Waals surface area contributed by atoms with Crippen LogP contribution in [-0.4, -0.2) is 20.5 Å². The number of nitrogens with zero attached hydrogens (tertiary/aromatic N) is 2.